The third-order valence-corrected chi connectivity index (χ3v) is 6.52. The van der Waals surface area contributed by atoms with Crippen molar-refractivity contribution in [3.8, 4) is 0 Å². The number of carbonyl (C=O) groups excluding carboxylic acids is 1. The fourth-order valence-electron chi connectivity index (χ4n) is 5.03. The lowest BCUT2D eigenvalue weighted by Gasteiger charge is -2.15. The molecule has 11 heteroatoms. The van der Waals surface area contributed by atoms with Gasteiger partial charge in [0.05, 0.1) is 18.6 Å². The van der Waals surface area contributed by atoms with Gasteiger partial charge in [0.2, 0.25) is 5.89 Å². The first-order chi connectivity index (χ1) is 15.9. The zero-order valence-electron chi connectivity index (χ0n) is 18.3. The molecule has 3 aromatic rings. The van der Waals surface area contributed by atoms with Gasteiger partial charge in [0.1, 0.15) is 5.69 Å². The summed E-state index contributed by atoms with van der Waals surface area (Å²) in [5, 5.41) is 29.0. The van der Waals surface area contributed by atoms with Gasteiger partial charge in [-0.25, -0.2) is 4.98 Å². The molecule has 1 saturated carbocycles. The maximum Gasteiger partial charge on any atom is 0.318 e. The Bertz CT molecular complexity index is 1120. The highest BCUT2D eigenvalue weighted by atomic mass is 16.4. The molecule has 3 N–H and O–H groups in total. The molecule has 2 aliphatic rings. The molecule has 11 nitrogen and oxygen atoms in total. The fraction of sp³-hybridized carbons (Fsp3) is 0.409. The lowest BCUT2D eigenvalue weighted by molar-refractivity contribution is -0.122. The summed E-state index contributed by atoms with van der Waals surface area (Å²) in [6.45, 7) is 3.00. The number of nitrogens with one attached hydrogen (secondary N) is 1. The van der Waals surface area contributed by atoms with Gasteiger partial charge in [-0.15, -0.1) is 5.10 Å². The second-order valence-electron chi connectivity index (χ2n) is 8.31. The minimum Gasteiger partial charge on any atom is -0.483 e. The van der Waals surface area contributed by atoms with E-state index in [4.69, 9.17) is 14.3 Å². The number of aliphatic hydroxyl groups is 1. The zero-order chi connectivity index (χ0) is 23.6. The van der Waals surface area contributed by atoms with E-state index >= 15 is 0 Å². The number of hydrogen-bond donors (Lipinski definition) is 3. The number of carbonyl (C=O) groups is 2. The first-order valence-electron chi connectivity index (χ1n) is 10.5. The molecule has 2 fully saturated rings. The van der Waals surface area contributed by atoms with Crippen molar-refractivity contribution < 1.29 is 24.2 Å². The summed E-state index contributed by atoms with van der Waals surface area (Å²) in [5.41, 5.74) is 1.31. The van der Waals surface area contributed by atoms with Crippen LogP contribution in [0.15, 0.2) is 47.3 Å². The minimum atomic E-state index is -0.562. The Labute approximate surface area is 190 Å². The standard InChI is InChI=1S/C21H24N6O3.CH2O2/c1-13-24-25-20(30-13)27-10-17(28)21(11-27)15(18(21)14-6-4-3-5-7-14)8-23-19(29)16-9-22-12-26(16)2;2-1-3/h3-7,9,12,15,17-18,28H,8,10-11H2,1-2H3,(H,23,29);1H,(H,2,3)/t15-,17-,18-,21-;/m1./s1. The van der Waals surface area contributed by atoms with Gasteiger partial charge in [-0.1, -0.05) is 35.4 Å². The Morgan fingerprint density at radius 3 is 2.67 bits per heavy atom. The van der Waals surface area contributed by atoms with Crippen molar-refractivity contribution >= 4 is 18.4 Å². The zero-order valence-corrected chi connectivity index (χ0v) is 18.3. The summed E-state index contributed by atoms with van der Waals surface area (Å²) in [4.78, 5) is 26.9. The van der Waals surface area contributed by atoms with Crippen molar-refractivity contribution in [2.45, 2.75) is 18.9 Å². The number of anilines is 1. The Kier molecular flexibility index (Phi) is 6.14. The van der Waals surface area contributed by atoms with Crippen molar-refractivity contribution in [1.82, 2.24) is 25.1 Å². The number of rotatable bonds is 5. The van der Waals surface area contributed by atoms with Crippen molar-refractivity contribution in [2.75, 3.05) is 24.5 Å². The molecule has 1 amide bonds. The van der Waals surface area contributed by atoms with E-state index in [1.165, 1.54) is 5.56 Å². The van der Waals surface area contributed by atoms with Crippen LogP contribution in [0, 0.1) is 18.3 Å². The largest absolute Gasteiger partial charge is 0.483 e. The molecule has 0 unspecified atom stereocenters. The number of benzene rings is 1. The lowest BCUT2D eigenvalue weighted by Crippen LogP contribution is -2.31. The first-order valence-corrected chi connectivity index (χ1v) is 10.5. The third-order valence-electron chi connectivity index (χ3n) is 6.52. The number of aliphatic hydroxyl groups excluding tert-OH is 1. The Morgan fingerprint density at radius 2 is 2.06 bits per heavy atom. The van der Waals surface area contributed by atoms with Crippen molar-refractivity contribution in [1.29, 1.82) is 0 Å². The molecule has 1 aliphatic heterocycles. The lowest BCUT2D eigenvalue weighted by atomic mass is 9.95. The predicted molar refractivity (Wildman–Crippen MR) is 117 cm³/mol. The van der Waals surface area contributed by atoms with Crippen LogP contribution in [0.3, 0.4) is 0 Å². The van der Waals surface area contributed by atoms with Crippen molar-refractivity contribution in [2.24, 2.45) is 18.4 Å². The SMILES string of the molecule is Cc1nnc(N2C[C@@H](O)[C@@]3(C2)[C@H](CNC(=O)c2cncn2C)[C@H]3c2ccccc2)o1.O=CO. The van der Waals surface area contributed by atoms with Gasteiger partial charge in [-0.2, -0.15) is 0 Å². The predicted octanol–water partition coefficient (Wildman–Crippen LogP) is 0.823. The van der Waals surface area contributed by atoms with E-state index < -0.39 is 6.10 Å². The molecular weight excluding hydrogens is 428 g/mol. The Hall–Kier alpha value is -3.73. The van der Waals surface area contributed by atoms with Crippen LogP contribution in [0.5, 0.6) is 0 Å². The van der Waals surface area contributed by atoms with Gasteiger partial charge in [-0.05, 0) is 17.4 Å². The van der Waals surface area contributed by atoms with Crippen LogP contribution < -0.4 is 10.2 Å². The van der Waals surface area contributed by atoms with Gasteiger partial charge in [0.25, 0.3) is 12.4 Å². The summed E-state index contributed by atoms with van der Waals surface area (Å²) in [5.74, 6) is 0.562. The summed E-state index contributed by atoms with van der Waals surface area (Å²) in [6.07, 6.45) is 2.59. The molecule has 1 spiro atoms. The highest BCUT2D eigenvalue weighted by Crippen LogP contribution is 2.68. The average molecular weight is 454 g/mol. The van der Waals surface area contributed by atoms with Crippen molar-refractivity contribution in [3.05, 3.63) is 60.0 Å². The van der Waals surface area contributed by atoms with Crippen molar-refractivity contribution in [3.63, 3.8) is 0 Å². The van der Waals surface area contributed by atoms with Crippen LogP contribution in [0.2, 0.25) is 0 Å². The minimum absolute atomic E-state index is 0.0982. The Morgan fingerprint density at radius 1 is 1.33 bits per heavy atom. The molecule has 174 valence electrons. The van der Waals surface area contributed by atoms with E-state index in [0.29, 0.717) is 37.2 Å². The second kappa shape index (κ2) is 9.02. The number of aromatic nitrogens is 4. The smallest absolute Gasteiger partial charge is 0.318 e. The summed E-state index contributed by atoms with van der Waals surface area (Å²) in [6, 6.07) is 10.6. The third kappa shape index (κ3) is 4.07. The highest BCUT2D eigenvalue weighted by Gasteiger charge is 2.71. The van der Waals surface area contributed by atoms with Crippen LogP contribution in [-0.4, -0.2) is 68.1 Å². The van der Waals surface area contributed by atoms with Crippen LogP contribution in [0.4, 0.5) is 6.01 Å². The van der Waals surface area contributed by atoms with Crippen LogP contribution in [0.1, 0.15) is 27.9 Å². The number of hydrogen-bond acceptors (Lipinski definition) is 8. The van der Waals surface area contributed by atoms with E-state index in [9.17, 15) is 9.90 Å². The highest BCUT2D eigenvalue weighted by molar-refractivity contribution is 5.92. The van der Waals surface area contributed by atoms with Gasteiger partial charge in [0, 0.05) is 39.0 Å². The van der Waals surface area contributed by atoms with Gasteiger partial charge < -0.3 is 29.4 Å². The Balaban J connectivity index is 0.000000821. The number of imidazole rings is 1. The molecule has 2 aromatic heterocycles. The molecule has 3 heterocycles. The summed E-state index contributed by atoms with van der Waals surface area (Å²) < 4.78 is 7.28. The quantitative estimate of drug-likeness (QED) is 0.477. The molecule has 4 atom stereocenters. The van der Waals surface area contributed by atoms with E-state index in [1.807, 2.05) is 23.1 Å². The van der Waals surface area contributed by atoms with E-state index in [0.717, 1.165) is 0 Å². The van der Waals surface area contributed by atoms with E-state index in [2.05, 4.69) is 32.6 Å². The maximum absolute atomic E-state index is 12.6. The van der Waals surface area contributed by atoms with Crippen LogP contribution in [-0.2, 0) is 11.8 Å². The normalized spacial score (nSPS) is 25.4. The summed E-state index contributed by atoms with van der Waals surface area (Å²) >= 11 is 0. The molecule has 1 aromatic carbocycles. The van der Waals surface area contributed by atoms with Crippen LogP contribution >= 0.6 is 0 Å². The number of carboxylic acid groups (broad SMARTS) is 1. The number of β-amino-alcohol motifs (C(OH)–C–C–N with tert-alkyl or cyclic N) is 1. The second-order valence-corrected chi connectivity index (χ2v) is 8.31. The fourth-order valence-corrected chi connectivity index (χ4v) is 5.03. The molecule has 0 bridgehead atoms. The van der Waals surface area contributed by atoms with Gasteiger partial charge >= 0.3 is 6.01 Å². The van der Waals surface area contributed by atoms with Gasteiger partial charge in [-0.3, -0.25) is 9.59 Å². The van der Waals surface area contributed by atoms with E-state index in [-0.39, 0.29) is 29.6 Å². The average Bonchev–Trinajstić information content (AvgIpc) is 3.16. The first kappa shape index (κ1) is 22.5. The summed E-state index contributed by atoms with van der Waals surface area (Å²) in [7, 11) is 1.79. The maximum atomic E-state index is 12.6. The molecule has 0 radical (unpaired) electrons. The van der Waals surface area contributed by atoms with E-state index in [1.54, 1.807) is 31.1 Å². The molecular formula is C22H26N6O5. The molecule has 1 aliphatic carbocycles. The van der Waals surface area contributed by atoms with Crippen LogP contribution in [0.25, 0.3) is 0 Å². The van der Waals surface area contributed by atoms with Gasteiger partial charge in [0.15, 0.2) is 0 Å². The number of amides is 1. The molecule has 5 rings (SSSR count). The topological polar surface area (TPSA) is 147 Å². The number of aryl methyl sites for hydroxylation is 2. The number of nitrogens with zero attached hydrogens (tertiary/aromatic N) is 5. The molecule has 1 saturated heterocycles. The monoisotopic (exact) mass is 454 g/mol. The molecule has 33 heavy (non-hydrogen) atoms.